The minimum atomic E-state index is -0.951. The maximum atomic E-state index is 11.8. The van der Waals surface area contributed by atoms with Crippen LogP contribution < -0.4 is 0 Å². The van der Waals surface area contributed by atoms with E-state index in [-0.39, 0.29) is 6.42 Å². The number of ether oxygens (including phenoxy) is 1. The number of carboxylic acids is 1. The quantitative estimate of drug-likeness (QED) is 0.226. The largest absolute Gasteiger partial charge is 0.481 e. The van der Waals surface area contributed by atoms with Gasteiger partial charge in [-0.25, -0.2) is 4.79 Å². The summed E-state index contributed by atoms with van der Waals surface area (Å²) in [5.41, 5.74) is 0. The van der Waals surface area contributed by atoms with Gasteiger partial charge in [0, 0.05) is 6.08 Å². The van der Waals surface area contributed by atoms with Gasteiger partial charge >= 0.3 is 11.9 Å². The third-order valence-corrected chi connectivity index (χ3v) is 3.66. The van der Waals surface area contributed by atoms with Gasteiger partial charge in [-0.15, -0.1) is 0 Å². The fourth-order valence-corrected chi connectivity index (χ4v) is 2.55. The number of carbonyl (C=O) groups is 2. The molecule has 0 aromatic heterocycles. The Bertz CT molecular complexity index is 385. The van der Waals surface area contributed by atoms with Crippen LogP contribution in [0.4, 0.5) is 0 Å². The molecule has 0 bridgehead atoms. The number of hydrogen-bond donors (Lipinski definition) is 1. The summed E-state index contributed by atoms with van der Waals surface area (Å²) in [4.78, 5) is 22.7. The van der Waals surface area contributed by atoms with E-state index in [1.54, 1.807) is 0 Å². The molecule has 1 atom stereocenters. The van der Waals surface area contributed by atoms with Crippen LogP contribution in [0, 0.1) is 0 Å². The number of likely N-dealkylation sites (N-methyl/N-ethyl adjacent to an activating group) is 1. The van der Waals surface area contributed by atoms with Gasteiger partial charge in [-0.3, -0.25) is 4.79 Å². The SMILES string of the molecule is CCCCCCCCC/C=C/C(=O)OC(CC(=O)O)C[N+](C)(C)C. The van der Waals surface area contributed by atoms with Gasteiger partial charge < -0.3 is 14.3 Å². The second-order valence-corrected chi connectivity index (χ2v) is 7.44. The second-order valence-electron chi connectivity index (χ2n) is 7.44. The predicted octanol–water partition coefficient (Wildman–Crippen LogP) is 3.78. The first-order valence-corrected chi connectivity index (χ1v) is 9.14. The summed E-state index contributed by atoms with van der Waals surface area (Å²) in [6.45, 7) is 2.69. The molecule has 140 valence electrons. The molecule has 0 saturated heterocycles. The van der Waals surface area contributed by atoms with Crippen molar-refractivity contribution in [2.75, 3.05) is 27.7 Å². The van der Waals surface area contributed by atoms with Crippen LogP contribution in [0.5, 0.6) is 0 Å². The Morgan fingerprint density at radius 1 is 1.04 bits per heavy atom. The molecule has 0 amide bonds. The van der Waals surface area contributed by atoms with E-state index in [1.165, 1.54) is 44.6 Å². The van der Waals surface area contributed by atoms with E-state index < -0.39 is 18.0 Å². The molecule has 0 saturated carbocycles. The molecule has 0 rings (SSSR count). The number of nitrogens with zero attached hydrogens (tertiary/aromatic N) is 1. The van der Waals surface area contributed by atoms with E-state index in [2.05, 4.69) is 6.92 Å². The number of rotatable bonds is 14. The van der Waals surface area contributed by atoms with E-state index in [9.17, 15) is 9.59 Å². The van der Waals surface area contributed by atoms with Gasteiger partial charge in [0.05, 0.1) is 27.6 Å². The zero-order chi connectivity index (χ0) is 18.4. The lowest BCUT2D eigenvalue weighted by atomic mass is 10.1. The van der Waals surface area contributed by atoms with Crippen LogP contribution in [0.2, 0.25) is 0 Å². The van der Waals surface area contributed by atoms with Gasteiger partial charge in [0.15, 0.2) is 6.10 Å². The van der Waals surface area contributed by atoms with Gasteiger partial charge in [0.25, 0.3) is 0 Å². The van der Waals surface area contributed by atoms with Crippen molar-refractivity contribution >= 4 is 11.9 Å². The van der Waals surface area contributed by atoms with Crippen LogP contribution in [0.15, 0.2) is 12.2 Å². The van der Waals surface area contributed by atoms with Crippen LogP contribution in [-0.2, 0) is 14.3 Å². The minimum absolute atomic E-state index is 0.160. The molecular formula is C19H36NO4+. The Hall–Kier alpha value is -1.36. The smallest absolute Gasteiger partial charge is 0.330 e. The second kappa shape index (κ2) is 13.0. The maximum absolute atomic E-state index is 11.8. The van der Waals surface area contributed by atoms with Crippen LogP contribution in [-0.4, -0.2) is 55.3 Å². The molecule has 0 aliphatic rings. The first kappa shape index (κ1) is 22.6. The lowest BCUT2D eigenvalue weighted by Gasteiger charge is -2.28. The molecule has 1 unspecified atom stereocenters. The highest BCUT2D eigenvalue weighted by atomic mass is 16.5. The molecule has 1 N–H and O–H groups in total. The average Bonchev–Trinajstić information content (AvgIpc) is 2.42. The fraction of sp³-hybridized carbons (Fsp3) is 0.789. The summed E-state index contributed by atoms with van der Waals surface area (Å²) in [5, 5.41) is 8.93. The topological polar surface area (TPSA) is 63.6 Å². The van der Waals surface area contributed by atoms with E-state index in [1.807, 2.05) is 27.2 Å². The summed E-state index contributed by atoms with van der Waals surface area (Å²) in [7, 11) is 5.83. The summed E-state index contributed by atoms with van der Waals surface area (Å²) in [6.07, 6.45) is 12.1. The highest BCUT2D eigenvalue weighted by Gasteiger charge is 2.23. The summed E-state index contributed by atoms with van der Waals surface area (Å²) in [5.74, 6) is -1.40. The van der Waals surface area contributed by atoms with Crippen molar-refractivity contribution < 1.29 is 23.9 Å². The number of carboxylic acid groups (broad SMARTS) is 1. The van der Waals surface area contributed by atoms with E-state index >= 15 is 0 Å². The fourth-order valence-electron chi connectivity index (χ4n) is 2.55. The number of allylic oxidation sites excluding steroid dienone is 1. The monoisotopic (exact) mass is 342 g/mol. The number of hydrogen-bond acceptors (Lipinski definition) is 3. The molecule has 5 heteroatoms. The first-order valence-electron chi connectivity index (χ1n) is 9.14. The number of quaternary nitrogens is 1. The lowest BCUT2D eigenvalue weighted by Crippen LogP contribution is -2.43. The molecule has 5 nitrogen and oxygen atoms in total. The Morgan fingerprint density at radius 2 is 1.62 bits per heavy atom. The molecule has 0 spiro atoms. The number of aliphatic carboxylic acids is 1. The Morgan fingerprint density at radius 3 is 2.17 bits per heavy atom. The average molecular weight is 343 g/mol. The van der Waals surface area contributed by atoms with Crippen LogP contribution in [0.3, 0.4) is 0 Å². The van der Waals surface area contributed by atoms with Gasteiger partial charge in [-0.1, -0.05) is 51.5 Å². The number of esters is 1. The van der Waals surface area contributed by atoms with Crippen molar-refractivity contribution in [2.24, 2.45) is 0 Å². The van der Waals surface area contributed by atoms with E-state index in [4.69, 9.17) is 9.84 Å². The molecule has 24 heavy (non-hydrogen) atoms. The van der Waals surface area contributed by atoms with Crippen molar-refractivity contribution in [1.82, 2.24) is 0 Å². The van der Waals surface area contributed by atoms with Crippen LogP contribution >= 0.6 is 0 Å². The normalized spacial score (nSPS) is 13.2. The molecular weight excluding hydrogens is 306 g/mol. The molecule has 0 aliphatic carbocycles. The minimum Gasteiger partial charge on any atom is -0.481 e. The zero-order valence-electron chi connectivity index (χ0n) is 15.9. The third kappa shape index (κ3) is 15.5. The molecule has 0 aliphatic heterocycles. The van der Waals surface area contributed by atoms with Crippen molar-refractivity contribution in [3.8, 4) is 0 Å². The maximum Gasteiger partial charge on any atom is 0.330 e. The van der Waals surface area contributed by atoms with Crippen molar-refractivity contribution in [3.05, 3.63) is 12.2 Å². The first-order chi connectivity index (χ1) is 11.2. The number of unbranched alkanes of at least 4 members (excludes halogenated alkanes) is 7. The van der Waals surface area contributed by atoms with Gasteiger partial charge in [0.1, 0.15) is 6.54 Å². The van der Waals surface area contributed by atoms with E-state index in [0.717, 1.165) is 12.8 Å². The van der Waals surface area contributed by atoms with Crippen molar-refractivity contribution in [2.45, 2.75) is 70.8 Å². The van der Waals surface area contributed by atoms with Crippen molar-refractivity contribution in [1.29, 1.82) is 0 Å². The van der Waals surface area contributed by atoms with Gasteiger partial charge in [-0.05, 0) is 12.8 Å². The van der Waals surface area contributed by atoms with Crippen molar-refractivity contribution in [3.63, 3.8) is 0 Å². The van der Waals surface area contributed by atoms with Gasteiger partial charge in [-0.2, -0.15) is 0 Å². The number of carbonyl (C=O) groups excluding carboxylic acids is 1. The Kier molecular flexibility index (Phi) is 12.3. The molecule has 0 radical (unpaired) electrons. The Labute approximate surface area is 147 Å². The van der Waals surface area contributed by atoms with Gasteiger partial charge in [0.2, 0.25) is 0 Å². The summed E-state index contributed by atoms with van der Waals surface area (Å²) in [6, 6.07) is 0. The predicted molar refractivity (Wildman–Crippen MR) is 96.8 cm³/mol. The Balaban J connectivity index is 3.99. The molecule has 0 heterocycles. The highest BCUT2D eigenvalue weighted by Crippen LogP contribution is 2.09. The molecule has 0 fully saturated rings. The van der Waals surface area contributed by atoms with Crippen LogP contribution in [0.25, 0.3) is 0 Å². The standard InChI is InChI=1S/C19H35NO4/c1-5-6-7-8-9-10-11-12-13-14-19(23)24-17(15-18(21)22)16-20(2,3)4/h13-14,17H,5-12,15-16H2,1-4H3/p+1/b14-13+. The summed E-state index contributed by atoms with van der Waals surface area (Å²) >= 11 is 0. The zero-order valence-corrected chi connectivity index (χ0v) is 15.9. The van der Waals surface area contributed by atoms with E-state index in [0.29, 0.717) is 11.0 Å². The highest BCUT2D eigenvalue weighted by molar-refractivity contribution is 5.82. The summed E-state index contributed by atoms with van der Waals surface area (Å²) < 4.78 is 5.84. The lowest BCUT2D eigenvalue weighted by molar-refractivity contribution is -0.873. The van der Waals surface area contributed by atoms with Crippen LogP contribution in [0.1, 0.15) is 64.7 Å². The third-order valence-electron chi connectivity index (χ3n) is 3.66. The molecule has 0 aromatic rings. The molecule has 0 aromatic carbocycles.